The third-order valence-corrected chi connectivity index (χ3v) is 10.1. The van der Waals surface area contributed by atoms with Crippen LogP contribution < -0.4 is 37.6 Å². The number of rotatable bonds is 30. The molecular weight excluding hydrogens is 731 g/mol. The number of aliphatic hydroxyl groups is 1. The first-order chi connectivity index (χ1) is 27.4. The van der Waals surface area contributed by atoms with Crippen LogP contribution in [0.25, 0.3) is 0 Å². The van der Waals surface area contributed by atoms with Gasteiger partial charge in [-0.05, 0) is 131 Å². The minimum absolute atomic E-state index is 0.0324. The van der Waals surface area contributed by atoms with Gasteiger partial charge in [-0.25, -0.2) is 0 Å². The average molecular weight is 834 g/mol. The average Bonchev–Trinajstić information content (AvgIpc) is 3.19. The van der Waals surface area contributed by atoms with E-state index >= 15 is 0 Å². The normalized spacial score (nSPS) is 13.2. The second kappa shape index (κ2) is 41.9. The van der Waals surface area contributed by atoms with Crippen LogP contribution in [-0.2, 0) is 19.1 Å². The zero-order valence-corrected chi connectivity index (χ0v) is 41.7. The fourth-order valence-corrected chi connectivity index (χ4v) is 5.64. The lowest BCUT2D eigenvalue weighted by Crippen LogP contribution is -2.53. The van der Waals surface area contributed by atoms with Crippen LogP contribution in [0.3, 0.4) is 0 Å². The molecule has 0 saturated carbocycles. The minimum Gasteiger partial charge on any atom is -0.390 e. The Balaban J connectivity index is -0.000000850. The lowest BCUT2D eigenvalue weighted by molar-refractivity contribution is -0.130. The molecule has 0 rings (SSSR count). The summed E-state index contributed by atoms with van der Waals surface area (Å²) in [4.78, 5) is 39.4. The van der Waals surface area contributed by atoms with Crippen molar-refractivity contribution in [3.05, 3.63) is 0 Å². The van der Waals surface area contributed by atoms with E-state index in [-0.39, 0.29) is 41.1 Å². The van der Waals surface area contributed by atoms with Crippen molar-refractivity contribution in [2.75, 3.05) is 53.9 Å². The lowest BCUT2D eigenvalue weighted by Gasteiger charge is -2.43. The summed E-state index contributed by atoms with van der Waals surface area (Å²) in [5.41, 5.74) is 4.17. The number of nitrogens with one attached hydrogen (secondary N) is 6. The van der Waals surface area contributed by atoms with E-state index in [1.807, 2.05) is 48.6 Å². The number of ether oxygens (including phenoxy) is 1. The fourth-order valence-electron chi connectivity index (χ4n) is 5.64. The largest absolute Gasteiger partial charge is 0.390 e. The highest BCUT2D eigenvalue weighted by molar-refractivity contribution is 5.89. The SMILES string of the molecule is CC.CC.CC.CCCC.CNCCCCC(NC)C(=O)NC(CCCCNC(=O)C(CCCCN)NC)C(=O)NCC(C)CC(C)(C)C(C)(C)OCCC(C)(C)O. The molecule has 0 heterocycles. The van der Waals surface area contributed by atoms with Gasteiger partial charge in [0.05, 0.1) is 29.9 Å². The third kappa shape index (κ3) is 36.1. The van der Waals surface area contributed by atoms with E-state index in [4.69, 9.17) is 10.5 Å². The predicted octanol–water partition coefficient (Wildman–Crippen LogP) is 7.46. The van der Waals surface area contributed by atoms with Crippen LogP contribution in [0, 0.1) is 11.3 Å². The summed E-state index contributed by atoms with van der Waals surface area (Å²) < 4.78 is 6.23. The molecule has 3 amide bonds. The van der Waals surface area contributed by atoms with E-state index in [0.717, 1.165) is 45.1 Å². The predicted molar refractivity (Wildman–Crippen MR) is 251 cm³/mol. The van der Waals surface area contributed by atoms with Gasteiger partial charge < -0.3 is 47.5 Å². The van der Waals surface area contributed by atoms with Crippen LogP contribution >= 0.6 is 0 Å². The summed E-state index contributed by atoms with van der Waals surface area (Å²) in [6.45, 7) is 33.5. The van der Waals surface area contributed by atoms with Gasteiger partial charge in [0.15, 0.2) is 0 Å². The maximum atomic E-state index is 13.5. The van der Waals surface area contributed by atoms with Gasteiger partial charge >= 0.3 is 0 Å². The van der Waals surface area contributed by atoms with Crippen molar-refractivity contribution in [3.63, 3.8) is 0 Å². The van der Waals surface area contributed by atoms with Gasteiger partial charge in [-0.1, -0.05) is 102 Å². The molecule has 0 saturated heterocycles. The summed E-state index contributed by atoms with van der Waals surface area (Å²) >= 11 is 0. The van der Waals surface area contributed by atoms with Gasteiger partial charge in [-0.2, -0.15) is 0 Å². The topological polar surface area (TPSA) is 179 Å². The summed E-state index contributed by atoms with van der Waals surface area (Å²) in [5, 5.41) is 28.5. The molecule has 0 radical (unpaired) electrons. The molecule has 9 N–H and O–H groups in total. The van der Waals surface area contributed by atoms with Crippen LogP contribution in [0.2, 0.25) is 0 Å². The smallest absolute Gasteiger partial charge is 0.242 e. The van der Waals surface area contributed by atoms with Crippen LogP contribution in [0.1, 0.15) is 187 Å². The molecule has 12 heteroatoms. The minimum atomic E-state index is -0.780. The quantitative estimate of drug-likeness (QED) is 0.0341. The Morgan fingerprint density at radius 1 is 0.655 bits per heavy atom. The first-order valence-corrected chi connectivity index (χ1v) is 23.3. The number of hydrogen-bond donors (Lipinski definition) is 8. The highest BCUT2D eigenvalue weighted by Gasteiger charge is 2.39. The number of amides is 3. The van der Waals surface area contributed by atoms with Crippen molar-refractivity contribution in [2.45, 2.75) is 217 Å². The second-order valence-electron chi connectivity index (χ2n) is 16.3. The highest BCUT2D eigenvalue weighted by Crippen LogP contribution is 2.39. The molecule has 0 spiro atoms. The molecule has 0 aromatic carbocycles. The summed E-state index contributed by atoms with van der Waals surface area (Å²) in [5.74, 6) is -0.244. The first kappa shape index (κ1) is 65.3. The molecule has 4 unspecified atom stereocenters. The third-order valence-electron chi connectivity index (χ3n) is 10.1. The van der Waals surface area contributed by atoms with Crippen LogP contribution in [0.4, 0.5) is 0 Å². The molecule has 0 fully saturated rings. The van der Waals surface area contributed by atoms with E-state index in [1.165, 1.54) is 12.8 Å². The molecule has 352 valence electrons. The van der Waals surface area contributed by atoms with E-state index < -0.39 is 17.2 Å². The monoisotopic (exact) mass is 834 g/mol. The van der Waals surface area contributed by atoms with Crippen molar-refractivity contribution < 1.29 is 24.2 Å². The number of unbranched alkanes of at least 4 members (excludes halogenated alkanes) is 4. The van der Waals surface area contributed by atoms with Gasteiger partial charge in [-0.3, -0.25) is 14.4 Å². The van der Waals surface area contributed by atoms with Gasteiger partial charge in [-0.15, -0.1) is 0 Å². The van der Waals surface area contributed by atoms with Crippen molar-refractivity contribution in [3.8, 4) is 0 Å². The highest BCUT2D eigenvalue weighted by atomic mass is 16.5. The number of likely N-dealkylation sites (N-methyl/N-ethyl adjacent to an activating group) is 2. The molecule has 4 atom stereocenters. The Bertz CT molecular complexity index is 927. The molecule has 58 heavy (non-hydrogen) atoms. The molecule has 12 nitrogen and oxygen atoms in total. The number of nitrogens with two attached hydrogens (primary N) is 1. The molecule has 0 aliphatic rings. The van der Waals surface area contributed by atoms with Crippen molar-refractivity contribution in [1.82, 2.24) is 31.9 Å². The first-order valence-electron chi connectivity index (χ1n) is 23.3. The number of carbonyl (C=O) groups is 3. The van der Waals surface area contributed by atoms with Crippen molar-refractivity contribution in [1.29, 1.82) is 0 Å². The van der Waals surface area contributed by atoms with E-state index in [1.54, 1.807) is 27.9 Å². The molecule has 0 aromatic rings. The standard InChI is InChI=1S/C36H75N7O5.C4H10.3C2H6/c1-27(25-34(2,3)36(6,7)48-24-20-35(4,5)47)26-42-32(45)30(43-33(46)29(40-10)18-12-15-22-38-8)19-13-16-23-41-31(44)28(39-9)17-11-14-21-37;1-3-4-2;3*1-2/h27-30,38-40,47H,11-26,37H2,1-10H3,(H,41,44)(H,42,45)(H,43,46);3-4H2,1-2H3;3*1-2H3. The van der Waals surface area contributed by atoms with Crippen LogP contribution in [-0.4, -0.2) is 106 Å². The second-order valence-corrected chi connectivity index (χ2v) is 16.3. The Labute approximate surface area is 360 Å². The molecule has 0 aliphatic heterocycles. The molecule has 0 bridgehead atoms. The summed E-state index contributed by atoms with van der Waals surface area (Å²) in [6.07, 6.45) is 10.9. The Kier molecular flexibility index (Phi) is 47.2. The fraction of sp³-hybridized carbons (Fsp3) is 0.935. The van der Waals surface area contributed by atoms with Crippen LogP contribution in [0.5, 0.6) is 0 Å². The Morgan fingerprint density at radius 3 is 1.55 bits per heavy atom. The van der Waals surface area contributed by atoms with Gasteiger partial charge in [0.25, 0.3) is 0 Å². The van der Waals surface area contributed by atoms with Gasteiger partial charge in [0.2, 0.25) is 17.7 Å². The maximum absolute atomic E-state index is 13.5. The lowest BCUT2D eigenvalue weighted by atomic mass is 9.71. The van der Waals surface area contributed by atoms with Crippen molar-refractivity contribution in [2.24, 2.45) is 17.1 Å². The molecule has 0 aromatic heterocycles. The Morgan fingerprint density at radius 2 is 1.10 bits per heavy atom. The molecule has 0 aliphatic carbocycles. The van der Waals surface area contributed by atoms with E-state index in [2.05, 4.69) is 80.4 Å². The zero-order chi connectivity index (χ0) is 46.2. The van der Waals surface area contributed by atoms with Gasteiger partial charge in [0.1, 0.15) is 6.04 Å². The van der Waals surface area contributed by atoms with Crippen LogP contribution in [0.15, 0.2) is 0 Å². The summed E-state index contributed by atoms with van der Waals surface area (Å²) in [6, 6.07) is -1.31. The Hall–Kier alpha value is -1.83. The maximum Gasteiger partial charge on any atom is 0.242 e. The van der Waals surface area contributed by atoms with E-state index in [9.17, 15) is 19.5 Å². The number of hydrogen-bond acceptors (Lipinski definition) is 9. The summed E-state index contributed by atoms with van der Waals surface area (Å²) in [7, 11) is 5.47. The number of carbonyl (C=O) groups excluding carboxylic acids is 3. The zero-order valence-electron chi connectivity index (χ0n) is 41.7. The molecular formula is C46H103N7O5. The van der Waals surface area contributed by atoms with E-state index in [0.29, 0.717) is 58.3 Å². The van der Waals surface area contributed by atoms with Crippen molar-refractivity contribution >= 4 is 17.7 Å². The van der Waals surface area contributed by atoms with Gasteiger partial charge in [0, 0.05) is 13.1 Å².